The largest absolute Gasteiger partial charge is 0.493 e. The van der Waals surface area contributed by atoms with E-state index in [0.717, 1.165) is 0 Å². The fourth-order valence-corrected chi connectivity index (χ4v) is 2.91. The highest BCUT2D eigenvalue weighted by molar-refractivity contribution is 5.70. The normalized spacial score (nSPS) is 10.7. The number of carbonyl (C=O) groups is 1. The SMILES string of the molecule is Cc1ccc(-c2nc(CCOc3cccc(CC(=O)O)c3)c(C)o2)cc1[N+](=O)[O-]. The van der Waals surface area contributed by atoms with Crippen LogP contribution in [0.3, 0.4) is 0 Å². The monoisotopic (exact) mass is 396 g/mol. The quantitative estimate of drug-likeness (QED) is 0.450. The number of oxazole rings is 1. The molecule has 1 N–H and O–H groups in total. The molecule has 0 radical (unpaired) electrons. The molecular weight excluding hydrogens is 376 g/mol. The summed E-state index contributed by atoms with van der Waals surface area (Å²) in [6, 6.07) is 11.8. The van der Waals surface area contributed by atoms with Crippen LogP contribution in [-0.2, 0) is 17.6 Å². The van der Waals surface area contributed by atoms with Gasteiger partial charge in [0.05, 0.1) is 23.6 Å². The van der Waals surface area contributed by atoms with Crippen molar-refractivity contribution in [3.8, 4) is 17.2 Å². The Morgan fingerprint density at radius 2 is 2.03 bits per heavy atom. The first-order valence-corrected chi connectivity index (χ1v) is 8.98. The van der Waals surface area contributed by atoms with Crippen molar-refractivity contribution in [1.29, 1.82) is 0 Å². The van der Waals surface area contributed by atoms with Crippen molar-refractivity contribution in [2.45, 2.75) is 26.7 Å². The molecular formula is C21H20N2O6. The predicted molar refractivity (Wildman–Crippen MR) is 105 cm³/mol. The summed E-state index contributed by atoms with van der Waals surface area (Å²) in [5.74, 6) is 0.624. The van der Waals surface area contributed by atoms with E-state index in [1.54, 1.807) is 50.2 Å². The van der Waals surface area contributed by atoms with Crippen LogP contribution in [0.5, 0.6) is 5.75 Å². The fourth-order valence-electron chi connectivity index (χ4n) is 2.91. The summed E-state index contributed by atoms with van der Waals surface area (Å²) in [5.41, 5.74) is 2.49. The summed E-state index contributed by atoms with van der Waals surface area (Å²) in [7, 11) is 0. The van der Waals surface area contributed by atoms with Crippen LogP contribution in [0.15, 0.2) is 46.9 Å². The molecule has 0 aliphatic carbocycles. The fraction of sp³-hybridized carbons (Fsp3) is 0.238. The number of hydrogen-bond donors (Lipinski definition) is 1. The predicted octanol–water partition coefficient (Wildman–Crippen LogP) is 4.12. The average molecular weight is 396 g/mol. The zero-order chi connectivity index (χ0) is 21.0. The molecule has 0 atom stereocenters. The van der Waals surface area contributed by atoms with Crippen molar-refractivity contribution in [2.24, 2.45) is 0 Å². The van der Waals surface area contributed by atoms with E-state index >= 15 is 0 Å². The molecule has 8 heteroatoms. The van der Waals surface area contributed by atoms with Crippen LogP contribution in [0.2, 0.25) is 0 Å². The molecule has 1 heterocycles. The van der Waals surface area contributed by atoms with Gasteiger partial charge in [-0.15, -0.1) is 0 Å². The maximum Gasteiger partial charge on any atom is 0.307 e. The Kier molecular flexibility index (Phi) is 5.92. The number of ether oxygens (including phenoxy) is 1. The van der Waals surface area contributed by atoms with Crippen LogP contribution in [0.4, 0.5) is 5.69 Å². The van der Waals surface area contributed by atoms with Gasteiger partial charge in [-0.25, -0.2) is 4.98 Å². The van der Waals surface area contributed by atoms with E-state index in [1.165, 1.54) is 6.07 Å². The second-order valence-corrected chi connectivity index (χ2v) is 6.60. The molecule has 0 unspecified atom stereocenters. The Bertz CT molecular complexity index is 1060. The highest BCUT2D eigenvalue weighted by Gasteiger charge is 2.16. The third-order valence-electron chi connectivity index (χ3n) is 4.41. The lowest BCUT2D eigenvalue weighted by Crippen LogP contribution is -2.04. The lowest BCUT2D eigenvalue weighted by atomic mass is 10.1. The molecule has 2 aromatic carbocycles. The van der Waals surface area contributed by atoms with Gasteiger partial charge in [-0.2, -0.15) is 0 Å². The topological polar surface area (TPSA) is 116 Å². The van der Waals surface area contributed by atoms with Gasteiger partial charge in [-0.1, -0.05) is 18.2 Å². The number of benzene rings is 2. The summed E-state index contributed by atoms with van der Waals surface area (Å²) in [6.45, 7) is 3.79. The molecule has 0 saturated heterocycles. The maximum atomic E-state index is 11.1. The van der Waals surface area contributed by atoms with Crippen molar-refractivity contribution in [3.05, 3.63) is 75.2 Å². The average Bonchev–Trinajstić information content (AvgIpc) is 3.02. The molecule has 0 bridgehead atoms. The third-order valence-corrected chi connectivity index (χ3v) is 4.41. The van der Waals surface area contributed by atoms with E-state index in [1.807, 2.05) is 0 Å². The standard InChI is InChI=1S/C21H20N2O6/c1-13-6-7-16(12-19(13)23(26)27)21-22-18(14(2)29-21)8-9-28-17-5-3-4-15(10-17)11-20(24)25/h3-7,10,12H,8-9,11H2,1-2H3,(H,24,25). The highest BCUT2D eigenvalue weighted by atomic mass is 16.6. The molecule has 8 nitrogen and oxygen atoms in total. The summed E-state index contributed by atoms with van der Waals surface area (Å²) in [5, 5.41) is 20.0. The minimum absolute atomic E-state index is 0.0180. The number of nitro benzene ring substituents is 1. The second kappa shape index (κ2) is 8.55. The lowest BCUT2D eigenvalue weighted by molar-refractivity contribution is -0.385. The van der Waals surface area contributed by atoms with E-state index < -0.39 is 10.9 Å². The number of aryl methyl sites for hydroxylation is 2. The highest BCUT2D eigenvalue weighted by Crippen LogP contribution is 2.28. The number of nitro groups is 1. The zero-order valence-electron chi connectivity index (χ0n) is 16.0. The van der Waals surface area contributed by atoms with Gasteiger partial charge >= 0.3 is 5.97 Å². The molecule has 0 amide bonds. The third kappa shape index (κ3) is 4.98. The summed E-state index contributed by atoms with van der Waals surface area (Å²) in [6.07, 6.45) is 0.415. The number of carboxylic acid groups (broad SMARTS) is 1. The molecule has 0 aliphatic heterocycles. The molecule has 0 saturated carbocycles. The van der Waals surface area contributed by atoms with E-state index in [4.69, 9.17) is 14.3 Å². The van der Waals surface area contributed by atoms with E-state index in [2.05, 4.69) is 4.98 Å². The van der Waals surface area contributed by atoms with Gasteiger partial charge in [0.2, 0.25) is 5.89 Å². The minimum Gasteiger partial charge on any atom is -0.493 e. The van der Waals surface area contributed by atoms with Crippen molar-refractivity contribution in [1.82, 2.24) is 4.98 Å². The Balaban J connectivity index is 1.68. The number of hydrogen-bond acceptors (Lipinski definition) is 6. The molecule has 0 fully saturated rings. The van der Waals surface area contributed by atoms with Gasteiger partial charge < -0.3 is 14.3 Å². The number of aliphatic carboxylic acids is 1. The van der Waals surface area contributed by atoms with E-state index in [9.17, 15) is 14.9 Å². The zero-order valence-corrected chi connectivity index (χ0v) is 16.0. The molecule has 150 valence electrons. The Morgan fingerprint density at radius 1 is 1.24 bits per heavy atom. The number of carboxylic acids is 1. The summed E-state index contributed by atoms with van der Waals surface area (Å²) in [4.78, 5) is 26.0. The number of rotatable bonds is 8. The van der Waals surface area contributed by atoms with Crippen molar-refractivity contribution in [3.63, 3.8) is 0 Å². The summed E-state index contributed by atoms with van der Waals surface area (Å²) < 4.78 is 11.4. The first-order chi connectivity index (χ1) is 13.8. The van der Waals surface area contributed by atoms with Crippen molar-refractivity contribution >= 4 is 11.7 Å². The Hall–Kier alpha value is -3.68. The lowest BCUT2D eigenvalue weighted by Gasteiger charge is -2.06. The van der Waals surface area contributed by atoms with Crippen LogP contribution >= 0.6 is 0 Å². The van der Waals surface area contributed by atoms with Gasteiger partial charge in [-0.3, -0.25) is 14.9 Å². The van der Waals surface area contributed by atoms with Gasteiger partial charge in [0.25, 0.3) is 5.69 Å². The summed E-state index contributed by atoms with van der Waals surface area (Å²) >= 11 is 0. The molecule has 1 aromatic heterocycles. The Labute approximate surface area is 166 Å². The van der Waals surface area contributed by atoms with Crippen LogP contribution in [-0.4, -0.2) is 27.6 Å². The molecule has 29 heavy (non-hydrogen) atoms. The first kappa shape index (κ1) is 20.1. The second-order valence-electron chi connectivity index (χ2n) is 6.60. The number of aromatic nitrogens is 1. The van der Waals surface area contributed by atoms with Gasteiger partial charge in [0.15, 0.2) is 0 Å². The number of nitrogens with zero attached hydrogens (tertiary/aromatic N) is 2. The minimum atomic E-state index is -0.899. The van der Waals surface area contributed by atoms with Crippen LogP contribution in [0, 0.1) is 24.0 Å². The van der Waals surface area contributed by atoms with Gasteiger partial charge in [0, 0.05) is 23.6 Å². The van der Waals surface area contributed by atoms with Crippen molar-refractivity contribution < 1.29 is 24.0 Å². The van der Waals surface area contributed by atoms with Crippen molar-refractivity contribution in [2.75, 3.05) is 6.61 Å². The Morgan fingerprint density at radius 3 is 2.76 bits per heavy atom. The van der Waals surface area contributed by atoms with Crippen LogP contribution in [0.1, 0.15) is 22.6 Å². The first-order valence-electron chi connectivity index (χ1n) is 8.98. The van der Waals surface area contributed by atoms with Gasteiger partial charge in [0.1, 0.15) is 11.5 Å². The van der Waals surface area contributed by atoms with E-state index in [-0.39, 0.29) is 12.1 Å². The molecule has 3 aromatic rings. The van der Waals surface area contributed by atoms with E-state index in [0.29, 0.717) is 52.8 Å². The molecule has 0 spiro atoms. The van der Waals surface area contributed by atoms with Gasteiger partial charge in [-0.05, 0) is 37.6 Å². The van der Waals surface area contributed by atoms with Crippen LogP contribution < -0.4 is 4.74 Å². The molecule has 3 rings (SSSR count). The van der Waals surface area contributed by atoms with Crippen LogP contribution in [0.25, 0.3) is 11.5 Å². The smallest absolute Gasteiger partial charge is 0.307 e. The molecule has 0 aliphatic rings. The maximum absolute atomic E-state index is 11.1.